The summed E-state index contributed by atoms with van der Waals surface area (Å²) >= 11 is 3.40. The topological polar surface area (TPSA) is 75.9 Å². The van der Waals surface area contributed by atoms with Crippen LogP contribution in [0.2, 0.25) is 0 Å². The molecule has 1 aliphatic rings. The molecule has 6 heteroatoms. The molecule has 2 rings (SSSR count). The van der Waals surface area contributed by atoms with Crippen molar-refractivity contribution in [2.45, 2.75) is 13.3 Å². The molecule has 0 amide bonds. The molecule has 0 spiro atoms. The second kappa shape index (κ2) is 4.32. The summed E-state index contributed by atoms with van der Waals surface area (Å²) in [5, 5.41) is 3.29. The number of hydrazine groups is 1. The van der Waals surface area contributed by atoms with E-state index in [0.29, 0.717) is 5.82 Å². The molecule has 4 N–H and O–H groups in total. The van der Waals surface area contributed by atoms with Gasteiger partial charge in [0.2, 0.25) is 0 Å². The first-order valence-corrected chi connectivity index (χ1v) is 5.72. The number of nitrogens with zero attached hydrogens (tertiary/aromatic N) is 2. The van der Waals surface area contributed by atoms with Gasteiger partial charge in [-0.15, -0.1) is 0 Å². The predicted octanol–water partition coefficient (Wildman–Crippen LogP) is 1.59. The van der Waals surface area contributed by atoms with Gasteiger partial charge in [-0.1, -0.05) is 6.92 Å². The van der Waals surface area contributed by atoms with Gasteiger partial charge in [0, 0.05) is 6.54 Å². The Kier molecular flexibility index (Phi) is 3.06. The summed E-state index contributed by atoms with van der Waals surface area (Å²) in [5.41, 5.74) is 2.51. The molecule has 1 aromatic heterocycles. The standard InChI is InChI=1S/C9H14BrN5/c1-5-2-6(5)3-12-8-7(10)9(15-11)14-4-13-8/h4-6H,2-3,11H2,1H3,(H2,12,13,14,15). The van der Waals surface area contributed by atoms with Crippen LogP contribution in [0.1, 0.15) is 13.3 Å². The molecule has 0 bridgehead atoms. The Morgan fingerprint density at radius 3 is 2.80 bits per heavy atom. The molecule has 0 saturated heterocycles. The van der Waals surface area contributed by atoms with E-state index in [1.54, 1.807) is 0 Å². The monoisotopic (exact) mass is 271 g/mol. The molecule has 2 atom stereocenters. The fraction of sp³-hybridized carbons (Fsp3) is 0.556. The molecule has 1 aromatic rings. The third kappa shape index (κ3) is 2.38. The van der Waals surface area contributed by atoms with Crippen molar-refractivity contribution in [2.24, 2.45) is 17.7 Å². The Bertz CT molecular complexity index is 356. The van der Waals surface area contributed by atoms with Gasteiger partial charge in [0.1, 0.15) is 16.6 Å². The minimum Gasteiger partial charge on any atom is -0.369 e. The molecule has 1 heterocycles. The Morgan fingerprint density at radius 1 is 1.53 bits per heavy atom. The highest BCUT2D eigenvalue weighted by molar-refractivity contribution is 9.10. The van der Waals surface area contributed by atoms with Crippen LogP contribution in [-0.4, -0.2) is 16.5 Å². The predicted molar refractivity (Wildman–Crippen MR) is 63.3 cm³/mol. The number of hydrogen-bond donors (Lipinski definition) is 3. The molecule has 0 aromatic carbocycles. The third-order valence-corrected chi connectivity index (χ3v) is 3.49. The van der Waals surface area contributed by atoms with Crippen LogP contribution in [0.15, 0.2) is 10.8 Å². The zero-order valence-corrected chi connectivity index (χ0v) is 10.1. The first-order valence-electron chi connectivity index (χ1n) is 4.93. The van der Waals surface area contributed by atoms with Gasteiger partial charge >= 0.3 is 0 Å². The highest BCUT2D eigenvalue weighted by atomic mass is 79.9. The number of halogens is 1. The molecule has 2 unspecified atom stereocenters. The summed E-state index contributed by atoms with van der Waals surface area (Å²) in [4.78, 5) is 8.13. The van der Waals surface area contributed by atoms with E-state index in [9.17, 15) is 0 Å². The van der Waals surface area contributed by atoms with Crippen LogP contribution in [0.5, 0.6) is 0 Å². The summed E-state index contributed by atoms with van der Waals surface area (Å²) in [6, 6.07) is 0. The lowest BCUT2D eigenvalue weighted by Gasteiger charge is -2.09. The van der Waals surface area contributed by atoms with Crippen molar-refractivity contribution in [3.05, 3.63) is 10.8 Å². The second-order valence-electron chi connectivity index (χ2n) is 3.88. The van der Waals surface area contributed by atoms with Crippen molar-refractivity contribution in [3.63, 3.8) is 0 Å². The van der Waals surface area contributed by atoms with E-state index in [1.165, 1.54) is 12.7 Å². The summed E-state index contributed by atoms with van der Waals surface area (Å²) in [7, 11) is 0. The Hall–Kier alpha value is -0.880. The molecule has 0 radical (unpaired) electrons. The van der Waals surface area contributed by atoms with E-state index in [2.05, 4.69) is 43.6 Å². The maximum absolute atomic E-state index is 5.31. The van der Waals surface area contributed by atoms with Crippen LogP contribution < -0.4 is 16.6 Å². The second-order valence-corrected chi connectivity index (χ2v) is 4.68. The Labute approximate surface area is 97.0 Å². The van der Waals surface area contributed by atoms with Crippen LogP contribution in [0.25, 0.3) is 0 Å². The lowest BCUT2D eigenvalue weighted by Crippen LogP contribution is -2.12. The molecular formula is C9H14BrN5. The van der Waals surface area contributed by atoms with Crippen LogP contribution in [0.4, 0.5) is 11.6 Å². The van der Waals surface area contributed by atoms with Gasteiger partial charge in [-0.05, 0) is 34.2 Å². The van der Waals surface area contributed by atoms with Gasteiger partial charge in [-0.2, -0.15) is 0 Å². The smallest absolute Gasteiger partial charge is 0.159 e. The fourth-order valence-electron chi connectivity index (χ4n) is 1.50. The largest absolute Gasteiger partial charge is 0.369 e. The number of hydrogen-bond acceptors (Lipinski definition) is 5. The van der Waals surface area contributed by atoms with E-state index in [1.807, 2.05) is 0 Å². The maximum Gasteiger partial charge on any atom is 0.159 e. The first kappa shape index (κ1) is 10.6. The van der Waals surface area contributed by atoms with Crippen LogP contribution in [0.3, 0.4) is 0 Å². The van der Waals surface area contributed by atoms with Gasteiger partial charge in [0.05, 0.1) is 0 Å². The number of nitrogen functional groups attached to an aromatic ring is 1. The van der Waals surface area contributed by atoms with Crippen LogP contribution in [-0.2, 0) is 0 Å². The molecule has 1 fully saturated rings. The van der Waals surface area contributed by atoms with E-state index in [0.717, 1.165) is 28.7 Å². The third-order valence-electron chi connectivity index (χ3n) is 2.73. The van der Waals surface area contributed by atoms with E-state index >= 15 is 0 Å². The average molecular weight is 272 g/mol. The number of anilines is 2. The summed E-state index contributed by atoms with van der Waals surface area (Å²) < 4.78 is 0.779. The summed E-state index contributed by atoms with van der Waals surface area (Å²) in [5.74, 6) is 8.31. The Balaban J connectivity index is 2.01. The summed E-state index contributed by atoms with van der Waals surface area (Å²) in [6.07, 6.45) is 2.79. The minimum atomic E-state index is 0.594. The van der Waals surface area contributed by atoms with Gasteiger partial charge < -0.3 is 10.7 Å². The van der Waals surface area contributed by atoms with Crippen molar-refractivity contribution in [2.75, 3.05) is 17.3 Å². The fourth-order valence-corrected chi connectivity index (χ4v) is 1.96. The van der Waals surface area contributed by atoms with Crippen molar-refractivity contribution in [1.29, 1.82) is 0 Å². The van der Waals surface area contributed by atoms with E-state index in [-0.39, 0.29) is 0 Å². The molecule has 82 valence electrons. The van der Waals surface area contributed by atoms with Crippen LogP contribution >= 0.6 is 15.9 Å². The maximum atomic E-state index is 5.31. The number of nitrogens with two attached hydrogens (primary N) is 1. The van der Waals surface area contributed by atoms with Crippen molar-refractivity contribution in [3.8, 4) is 0 Å². The molecule has 0 aliphatic heterocycles. The highest BCUT2D eigenvalue weighted by Crippen LogP contribution is 2.38. The SMILES string of the molecule is CC1CC1CNc1ncnc(NN)c1Br. The average Bonchev–Trinajstić information content (AvgIpc) is 2.93. The normalized spacial score (nSPS) is 23.7. The van der Waals surface area contributed by atoms with Gasteiger partial charge in [0.25, 0.3) is 0 Å². The zero-order valence-electron chi connectivity index (χ0n) is 8.50. The molecular weight excluding hydrogens is 258 g/mol. The van der Waals surface area contributed by atoms with Crippen LogP contribution in [0, 0.1) is 11.8 Å². The zero-order chi connectivity index (χ0) is 10.8. The van der Waals surface area contributed by atoms with Gasteiger partial charge in [-0.25, -0.2) is 15.8 Å². The van der Waals surface area contributed by atoms with Crippen molar-refractivity contribution >= 4 is 27.6 Å². The molecule has 1 saturated carbocycles. The van der Waals surface area contributed by atoms with Crippen molar-refractivity contribution in [1.82, 2.24) is 9.97 Å². The van der Waals surface area contributed by atoms with Crippen molar-refractivity contribution < 1.29 is 0 Å². The molecule has 1 aliphatic carbocycles. The van der Waals surface area contributed by atoms with E-state index < -0.39 is 0 Å². The number of rotatable bonds is 4. The summed E-state index contributed by atoms with van der Waals surface area (Å²) in [6.45, 7) is 3.22. The van der Waals surface area contributed by atoms with E-state index in [4.69, 9.17) is 5.84 Å². The van der Waals surface area contributed by atoms with Gasteiger partial charge in [-0.3, -0.25) is 0 Å². The molecule has 5 nitrogen and oxygen atoms in total. The molecule has 15 heavy (non-hydrogen) atoms. The Morgan fingerprint density at radius 2 is 2.20 bits per heavy atom. The number of nitrogens with one attached hydrogen (secondary N) is 2. The number of aromatic nitrogens is 2. The first-order chi connectivity index (χ1) is 7.22. The lowest BCUT2D eigenvalue weighted by atomic mass is 10.3. The van der Waals surface area contributed by atoms with Gasteiger partial charge in [0.15, 0.2) is 5.82 Å². The highest BCUT2D eigenvalue weighted by Gasteiger charge is 2.32. The quantitative estimate of drug-likeness (QED) is 0.573. The minimum absolute atomic E-state index is 0.594. The lowest BCUT2D eigenvalue weighted by molar-refractivity contribution is 0.783.